The first kappa shape index (κ1) is 12.9. The Morgan fingerprint density at radius 2 is 2.18 bits per heavy atom. The fourth-order valence-corrected chi connectivity index (χ4v) is 3.01. The lowest BCUT2D eigenvalue weighted by Gasteiger charge is -2.13. The Bertz CT molecular complexity index is 484. The van der Waals surface area contributed by atoms with Gasteiger partial charge in [0.1, 0.15) is 11.5 Å². The third-order valence-electron chi connectivity index (χ3n) is 2.80. The van der Waals surface area contributed by atoms with Gasteiger partial charge in [-0.25, -0.2) is 0 Å². The molecule has 2 aromatic rings. The second kappa shape index (κ2) is 5.38. The van der Waals surface area contributed by atoms with Crippen molar-refractivity contribution in [2.45, 2.75) is 26.8 Å². The number of hydrogen-bond donors (Lipinski definition) is 1. The second-order valence-electron chi connectivity index (χ2n) is 4.06. The van der Waals surface area contributed by atoms with E-state index in [4.69, 9.17) is 4.42 Å². The predicted octanol–water partition coefficient (Wildman–Crippen LogP) is 4.42. The number of rotatable bonds is 4. The molecule has 0 radical (unpaired) electrons. The highest BCUT2D eigenvalue weighted by Crippen LogP contribution is 2.31. The van der Waals surface area contributed by atoms with E-state index in [1.54, 1.807) is 11.3 Å². The molecular formula is C13H16BrNOS. The monoisotopic (exact) mass is 313 g/mol. The van der Waals surface area contributed by atoms with Crippen LogP contribution in [0.2, 0.25) is 0 Å². The van der Waals surface area contributed by atoms with E-state index < -0.39 is 0 Å². The predicted molar refractivity (Wildman–Crippen MR) is 75.7 cm³/mol. The Morgan fingerprint density at radius 1 is 1.41 bits per heavy atom. The van der Waals surface area contributed by atoms with Crippen LogP contribution in [0.3, 0.4) is 0 Å². The summed E-state index contributed by atoms with van der Waals surface area (Å²) in [6.07, 6.45) is 0. The van der Waals surface area contributed by atoms with E-state index in [1.165, 1.54) is 11.1 Å². The van der Waals surface area contributed by atoms with E-state index >= 15 is 0 Å². The molecule has 0 aromatic carbocycles. The molecule has 2 aromatic heterocycles. The number of furan rings is 1. The Morgan fingerprint density at radius 3 is 2.65 bits per heavy atom. The molecule has 1 unspecified atom stereocenters. The average molecular weight is 314 g/mol. The van der Waals surface area contributed by atoms with Gasteiger partial charge in [0.05, 0.1) is 9.83 Å². The highest BCUT2D eigenvalue weighted by atomic mass is 79.9. The second-order valence-corrected chi connectivity index (χ2v) is 6.35. The first-order chi connectivity index (χ1) is 8.11. The van der Waals surface area contributed by atoms with Crippen molar-refractivity contribution >= 4 is 27.3 Å². The summed E-state index contributed by atoms with van der Waals surface area (Å²) in [4.78, 5) is 0. The van der Waals surface area contributed by atoms with Crippen molar-refractivity contribution in [3.8, 4) is 0 Å². The number of hydrogen-bond acceptors (Lipinski definition) is 3. The lowest BCUT2D eigenvalue weighted by Crippen LogP contribution is -2.20. The summed E-state index contributed by atoms with van der Waals surface area (Å²) < 4.78 is 6.97. The number of thiophene rings is 1. The van der Waals surface area contributed by atoms with Crippen molar-refractivity contribution in [3.63, 3.8) is 0 Å². The maximum Gasteiger partial charge on any atom is 0.125 e. The Balaban J connectivity index is 2.34. The Hall–Kier alpha value is -0.580. The van der Waals surface area contributed by atoms with Gasteiger partial charge < -0.3 is 9.73 Å². The van der Waals surface area contributed by atoms with E-state index in [0.717, 1.165) is 21.9 Å². The number of nitrogens with one attached hydrogen (secondary N) is 1. The van der Waals surface area contributed by atoms with Crippen molar-refractivity contribution in [1.82, 2.24) is 5.32 Å². The van der Waals surface area contributed by atoms with Gasteiger partial charge in [0.2, 0.25) is 0 Å². The van der Waals surface area contributed by atoms with Gasteiger partial charge in [0.15, 0.2) is 0 Å². The summed E-state index contributed by atoms with van der Waals surface area (Å²) in [5.41, 5.74) is 2.45. The molecule has 0 aliphatic heterocycles. The third kappa shape index (κ3) is 2.81. The molecule has 92 valence electrons. The molecule has 0 saturated carbocycles. The summed E-state index contributed by atoms with van der Waals surface area (Å²) in [6, 6.07) is 4.41. The molecule has 0 bridgehead atoms. The molecular weight excluding hydrogens is 298 g/mol. The van der Waals surface area contributed by atoms with E-state index in [-0.39, 0.29) is 6.04 Å². The zero-order valence-electron chi connectivity index (χ0n) is 10.2. The molecule has 2 nitrogen and oxygen atoms in total. The van der Waals surface area contributed by atoms with E-state index in [9.17, 15) is 0 Å². The normalized spacial score (nSPS) is 12.9. The van der Waals surface area contributed by atoms with Crippen LogP contribution in [0, 0.1) is 13.8 Å². The van der Waals surface area contributed by atoms with Crippen molar-refractivity contribution in [2.75, 3.05) is 6.54 Å². The van der Waals surface area contributed by atoms with E-state index in [2.05, 4.69) is 52.6 Å². The molecule has 2 rings (SSSR count). The fraction of sp³-hybridized carbons (Fsp3) is 0.385. The summed E-state index contributed by atoms with van der Waals surface area (Å²) in [5, 5.41) is 5.62. The van der Waals surface area contributed by atoms with Gasteiger partial charge in [-0.15, -0.1) is 11.3 Å². The van der Waals surface area contributed by atoms with Crippen LogP contribution in [0.4, 0.5) is 0 Å². The van der Waals surface area contributed by atoms with Gasteiger partial charge in [0.25, 0.3) is 0 Å². The lowest BCUT2D eigenvalue weighted by molar-refractivity contribution is 0.434. The highest BCUT2D eigenvalue weighted by molar-refractivity contribution is 9.11. The Kier molecular flexibility index (Phi) is 4.07. The minimum absolute atomic E-state index is 0.148. The van der Waals surface area contributed by atoms with Crippen LogP contribution in [-0.4, -0.2) is 6.54 Å². The van der Waals surface area contributed by atoms with Crippen LogP contribution in [0.15, 0.2) is 25.7 Å². The largest absolute Gasteiger partial charge is 0.464 e. The van der Waals surface area contributed by atoms with E-state index in [1.807, 2.05) is 6.92 Å². The SMILES string of the molecule is CCNC(c1csc(Br)c1)c1cc(C)c(C)o1. The molecule has 0 spiro atoms. The quantitative estimate of drug-likeness (QED) is 0.904. The maximum atomic E-state index is 5.82. The van der Waals surface area contributed by atoms with Crippen LogP contribution >= 0.6 is 27.3 Å². The van der Waals surface area contributed by atoms with Crippen molar-refractivity contribution in [1.29, 1.82) is 0 Å². The summed E-state index contributed by atoms with van der Waals surface area (Å²) in [5.74, 6) is 1.99. The maximum absolute atomic E-state index is 5.82. The molecule has 2 heterocycles. The zero-order chi connectivity index (χ0) is 12.4. The smallest absolute Gasteiger partial charge is 0.125 e. The van der Waals surface area contributed by atoms with Crippen LogP contribution in [0.5, 0.6) is 0 Å². The number of halogens is 1. The first-order valence-electron chi connectivity index (χ1n) is 5.66. The standard InChI is InChI=1S/C13H16BrNOS/c1-4-15-13(10-6-12(14)17-7-10)11-5-8(2)9(3)16-11/h5-7,13,15H,4H2,1-3H3. The van der Waals surface area contributed by atoms with Gasteiger partial charge in [-0.05, 0) is 65.0 Å². The molecule has 17 heavy (non-hydrogen) atoms. The zero-order valence-corrected chi connectivity index (χ0v) is 12.6. The van der Waals surface area contributed by atoms with E-state index in [0.29, 0.717) is 0 Å². The summed E-state index contributed by atoms with van der Waals surface area (Å²) >= 11 is 5.20. The van der Waals surface area contributed by atoms with Gasteiger partial charge in [-0.1, -0.05) is 6.92 Å². The van der Waals surface area contributed by atoms with Crippen molar-refractivity contribution in [3.05, 3.63) is 43.9 Å². The van der Waals surface area contributed by atoms with Gasteiger partial charge >= 0.3 is 0 Å². The van der Waals surface area contributed by atoms with Crippen LogP contribution < -0.4 is 5.32 Å². The van der Waals surface area contributed by atoms with Crippen LogP contribution in [-0.2, 0) is 0 Å². The first-order valence-corrected chi connectivity index (χ1v) is 7.33. The van der Waals surface area contributed by atoms with Crippen LogP contribution in [0.25, 0.3) is 0 Å². The molecule has 1 atom stereocenters. The molecule has 1 N–H and O–H groups in total. The van der Waals surface area contributed by atoms with Gasteiger partial charge in [-0.2, -0.15) is 0 Å². The topological polar surface area (TPSA) is 25.2 Å². The molecule has 0 fully saturated rings. The fourth-order valence-electron chi connectivity index (χ4n) is 1.81. The Labute approximate surface area is 114 Å². The van der Waals surface area contributed by atoms with Gasteiger partial charge in [-0.3, -0.25) is 0 Å². The summed E-state index contributed by atoms with van der Waals surface area (Å²) in [6.45, 7) is 7.11. The molecule has 0 amide bonds. The van der Waals surface area contributed by atoms with Crippen molar-refractivity contribution < 1.29 is 4.42 Å². The minimum atomic E-state index is 0.148. The lowest BCUT2D eigenvalue weighted by atomic mass is 10.1. The highest BCUT2D eigenvalue weighted by Gasteiger charge is 2.18. The summed E-state index contributed by atoms with van der Waals surface area (Å²) in [7, 11) is 0. The molecule has 0 aliphatic rings. The molecule has 4 heteroatoms. The average Bonchev–Trinajstić information content (AvgIpc) is 2.83. The molecule has 0 aliphatic carbocycles. The molecule has 0 saturated heterocycles. The third-order valence-corrected chi connectivity index (χ3v) is 4.32. The van der Waals surface area contributed by atoms with Crippen LogP contribution in [0.1, 0.15) is 35.6 Å². The minimum Gasteiger partial charge on any atom is -0.464 e. The number of aryl methyl sites for hydroxylation is 2. The van der Waals surface area contributed by atoms with Crippen molar-refractivity contribution in [2.24, 2.45) is 0 Å². The van der Waals surface area contributed by atoms with Gasteiger partial charge in [0, 0.05) is 0 Å².